The lowest BCUT2D eigenvalue weighted by Gasteiger charge is -2.08. The van der Waals surface area contributed by atoms with E-state index in [4.69, 9.17) is 10.5 Å². The lowest BCUT2D eigenvalue weighted by atomic mass is 10.1. The zero-order chi connectivity index (χ0) is 13.8. The fraction of sp³-hybridized carbons (Fsp3) is 0.400. The molecule has 0 radical (unpaired) electrons. The van der Waals surface area contributed by atoms with Crippen LogP contribution in [0, 0.1) is 12.8 Å². The number of aromatic amines is 1. The van der Waals surface area contributed by atoms with Gasteiger partial charge in [-0.05, 0) is 31.5 Å². The van der Waals surface area contributed by atoms with E-state index in [0.29, 0.717) is 12.5 Å². The molecule has 1 heterocycles. The van der Waals surface area contributed by atoms with Crippen molar-refractivity contribution in [3.8, 4) is 17.0 Å². The van der Waals surface area contributed by atoms with Crippen LogP contribution >= 0.6 is 0 Å². The molecule has 102 valence electrons. The van der Waals surface area contributed by atoms with Crippen molar-refractivity contribution in [2.75, 3.05) is 13.7 Å². The Bertz CT molecular complexity index is 548. The van der Waals surface area contributed by atoms with Crippen LogP contribution in [0.3, 0.4) is 0 Å². The van der Waals surface area contributed by atoms with Crippen LogP contribution in [0.4, 0.5) is 0 Å². The molecular formula is C15H21N3O. The average Bonchev–Trinajstić information content (AvgIpc) is 2.86. The summed E-state index contributed by atoms with van der Waals surface area (Å²) in [5.41, 5.74) is 8.87. The predicted molar refractivity (Wildman–Crippen MR) is 77.2 cm³/mol. The first kappa shape index (κ1) is 13.6. The molecule has 1 aromatic heterocycles. The number of ether oxygens (including phenoxy) is 1. The van der Waals surface area contributed by atoms with Gasteiger partial charge < -0.3 is 15.5 Å². The number of benzene rings is 1. The Morgan fingerprint density at radius 2 is 2.21 bits per heavy atom. The summed E-state index contributed by atoms with van der Waals surface area (Å²) < 4.78 is 5.40. The third kappa shape index (κ3) is 3.15. The Hall–Kier alpha value is -1.81. The highest BCUT2D eigenvalue weighted by atomic mass is 16.5. The maximum Gasteiger partial charge on any atom is 0.128 e. The molecule has 0 saturated heterocycles. The number of nitrogens with zero attached hydrogens (tertiary/aromatic N) is 1. The average molecular weight is 259 g/mol. The Morgan fingerprint density at radius 3 is 2.89 bits per heavy atom. The number of hydrogen-bond acceptors (Lipinski definition) is 3. The lowest BCUT2D eigenvalue weighted by Crippen LogP contribution is -2.13. The molecule has 1 aromatic carbocycles. The summed E-state index contributed by atoms with van der Waals surface area (Å²) in [6, 6.07) is 6.12. The first-order valence-electron chi connectivity index (χ1n) is 6.53. The summed E-state index contributed by atoms with van der Waals surface area (Å²) in [6.45, 7) is 4.86. The largest absolute Gasteiger partial charge is 0.496 e. The Morgan fingerprint density at radius 1 is 1.42 bits per heavy atom. The monoisotopic (exact) mass is 259 g/mol. The highest BCUT2D eigenvalue weighted by Gasteiger charge is 2.10. The Kier molecular flexibility index (Phi) is 4.22. The summed E-state index contributed by atoms with van der Waals surface area (Å²) in [6.07, 6.45) is 2.72. The van der Waals surface area contributed by atoms with Crippen LogP contribution in [0.2, 0.25) is 0 Å². The number of hydrogen-bond donors (Lipinski definition) is 2. The van der Waals surface area contributed by atoms with Crippen LogP contribution < -0.4 is 10.5 Å². The van der Waals surface area contributed by atoms with Crippen LogP contribution in [0.25, 0.3) is 11.3 Å². The number of H-pyrrole nitrogens is 1. The molecule has 0 aliphatic heterocycles. The minimum Gasteiger partial charge on any atom is -0.496 e. The Balaban J connectivity index is 2.29. The molecule has 0 amide bonds. The second-order valence-corrected chi connectivity index (χ2v) is 4.99. The van der Waals surface area contributed by atoms with E-state index in [0.717, 1.165) is 29.3 Å². The zero-order valence-corrected chi connectivity index (χ0v) is 11.7. The molecule has 0 aliphatic carbocycles. The molecule has 1 unspecified atom stereocenters. The molecule has 0 bridgehead atoms. The van der Waals surface area contributed by atoms with Crippen molar-refractivity contribution in [3.05, 3.63) is 35.8 Å². The van der Waals surface area contributed by atoms with E-state index in [1.807, 2.05) is 18.3 Å². The van der Waals surface area contributed by atoms with Gasteiger partial charge in [0.25, 0.3) is 0 Å². The van der Waals surface area contributed by atoms with Crippen molar-refractivity contribution < 1.29 is 4.74 Å². The number of aromatic nitrogens is 2. The fourth-order valence-corrected chi connectivity index (χ4v) is 2.05. The summed E-state index contributed by atoms with van der Waals surface area (Å²) >= 11 is 0. The van der Waals surface area contributed by atoms with Crippen molar-refractivity contribution in [3.63, 3.8) is 0 Å². The van der Waals surface area contributed by atoms with E-state index < -0.39 is 0 Å². The fourth-order valence-electron chi connectivity index (χ4n) is 2.05. The van der Waals surface area contributed by atoms with E-state index in [9.17, 15) is 0 Å². The number of methoxy groups -OCH3 is 1. The van der Waals surface area contributed by atoms with Gasteiger partial charge in [-0.3, -0.25) is 0 Å². The quantitative estimate of drug-likeness (QED) is 0.867. The molecule has 4 nitrogen and oxygen atoms in total. The second kappa shape index (κ2) is 5.89. The molecule has 2 rings (SSSR count). The molecule has 0 fully saturated rings. The smallest absolute Gasteiger partial charge is 0.128 e. The molecular weight excluding hydrogens is 238 g/mol. The van der Waals surface area contributed by atoms with E-state index in [2.05, 4.69) is 29.9 Å². The summed E-state index contributed by atoms with van der Waals surface area (Å²) in [5.74, 6) is 2.25. The zero-order valence-electron chi connectivity index (χ0n) is 11.7. The van der Waals surface area contributed by atoms with Gasteiger partial charge in [-0.25, -0.2) is 4.98 Å². The predicted octanol–water partition coefficient (Wildman–Crippen LogP) is 2.53. The molecule has 3 N–H and O–H groups in total. The van der Waals surface area contributed by atoms with Gasteiger partial charge in [0, 0.05) is 12.0 Å². The van der Waals surface area contributed by atoms with Gasteiger partial charge in [0.2, 0.25) is 0 Å². The molecule has 0 spiro atoms. The molecule has 19 heavy (non-hydrogen) atoms. The van der Waals surface area contributed by atoms with Gasteiger partial charge in [-0.15, -0.1) is 0 Å². The minimum atomic E-state index is 0.429. The number of nitrogens with two attached hydrogens (primary N) is 1. The SMILES string of the molecule is COc1ccc(C)cc1-c1cnc(CC(C)CN)[nH]1. The van der Waals surface area contributed by atoms with Gasteiger partial charge in [0.15, 0.2) is 0 Å². The van der Waals surface area contributed by atoms with Crippen molar-refractivity contribution in [2.24, 2.45) is 11.7 Å². The first-order chi connectivity index (χ1) is 9.13. The first-order valence-corrected chi connectivity index (χ1v) is 6.53. The third-order valence-corrected chi connectivity index (χ3v) is 3.22. The molecule has 2 aromatic rings. The second-order valence-electron chi connectivity index (χ2n) is 4.99. The number of imidazole rings is 1. The van der Waals surface area contributed by atoms with Crippen molar-refractivity contribution in [1.82, 2.24) is 9.97 Å². The minimum absolute atomic E-state index is 0.429. The number of aryl methyl sites for hydroxylation is 1. The Labute approximate surface area is 114 Å². The third-order valence-electron chi connectivity index (χ3n) is 3.22. The molecule has 0 aliphatic rings. The van der Waals surface area contributed by atoms with Crippen molar-refractivity contribution in [1.29, 1.82) is 0 Å². The maximum absolute atomic E-state index is 5.64. The molecule has 4 heteroatoms. The van der Waals surface area contributed by atoms with Gasteiger partial charge in [0.1, 0.15) is 11.6 Å². The van der Waals surface area contributed by atoms with Gasteiger partial charge in [0.05, 0.1) is 19.0 Å². The highest BCUT2D eigenvalue weighted by molar-refractivity contribution is 5.67. The van der Waals surface area contributed by atoms with Crippen LogP contribution in [-0.4, -0.2) is 23.6 Å². The van der Waals surface area contributed by atoms with Gasteiger partial charge >= 0.3 is 0 Å². The highest BCUT2D eigenvalue weighted by Crippen LogP contribution is 2.29. The topological polar surface area (TPSA) is 63.9 Å². The van der Waals surface area contributed by atoms with Crippen molar-refractivity contribution in [2.45, 2.75) is 20.3 Å². The van der Waals surface area contributed by atoms with Crippen molar-refractivity contribution >= 4 is 0 Å². The summed E-state index contributed by atoms with van der Waals surface area (Å²) in [7, 11) is 1.68. The summed E-state index contributed by atoms with van der Waals surface area (Å²) in [5, 5.41) is 0. The number of nitrogens with one attached hydrogen (secondary N) is 1. The standard InChI is InChI=1S/C15H21N3O/c1-10-4-5-14(19-3)12(6-10)13-9-17-15(18-13)7-11(2)8-16/h4-6,9,11H,7-8,16H2,1-3H3,(H,17,18). The van der Waals surface area contributed by atoms with Crippen LogP contribution in [0.1, 0.15) is 18.3 Å². The summed E-state index contributed by atoms with van der Waals surface area (Å²) in [4.78, 5) is 7.77. The van der Waals surface area contributed by atoms with E-state index in [1.165, 1.54) is 5.56 Å². The van der Waals surface area contributed by atoms with E-state index in [-0.39, 0.29) is 0 Å². The van der Waals surface area contributed by atoms with Gasteiger partial charge in [-0.1, -0.05) is 18.6 Å². The van der Waals surface area contributed by atoms with Crippen LogP contribution in [-0.2, 0) is 6.42 Å². The van der Waals surface area contributed by atoms with E-state index >= 15 is 0 Å². The molecule has 0 saturated carbocycles. The van der Waals surface area contributed by atoms with Crippen LogP contribution in [0.5, 0.6) is 5.75 Å². The lowest BCUT2D eigenvalue weighted by molar-refractivity contribution is 0.416. The normalized spacial score (nSPS) is 12.4. The van der Waals surface area contributed by atoms with E-state index in [1.54, 1.807) is 7.11 Å². The number of rotatable bonds is 5. The van der Waals surface area contributed by atoms with Crippen LogP contribution in [0.15, 0.2) is 24.4 Å². The molecule has 1 atom stereocenters. The maximum atomic E-state index is 5.64. The van der Waals surface area contributed by atoms with Gasteiger partial charge in [-0.2, -0.15) is 0 Å².